The molecule has 1 N–H and O–H groups in total. The van der Waals surface area contributed by atoms with Gasteiger partial charge in [-0.15, -0.1) is 0 Å². The molecule has 0 aliphatic carbocycles. The molecule has 0 aliphatic heterocycles. The van der Waals surface area contributed by atoms with Gasteiger partial charge in [-0.05, 0) is 48.9 Å². The molecule has 2 amide bonds. The number of amides is 2. The van der Waals surface area contributed by atoms with Crippen LogP contribution in [0, 0.1) is 0 Å². The fraction of sp³-hybridized carbons (Fsp3) is 0.286. The Bertz CT molecular complexity index is 831. The fourth-order valence-electron chi connectivity index (χ4n) is 2.17. The first-order valence-corrected chi connectivity index (χ1v) is 8.92. The number of nitrogens with zero attached hydrogens (tertiary/aromatic N) is 1. The lowest BCUT2D eigenvalue weighted by Crippen LogP contribution is -2.27. The van der Waals surface area contributed by atoms with Gasteiger partial charge in [-0.1, -0.05) is 13.0 Å². The summed E-state index contributed by atoms with van der Waals surface area (Å²) in [5, 5.41) is 2.76. The number of carbonyl (C=O) groups excluding carboxylic acids is 3. The van der Waals surface area contributed by atoms with Crippen LogP contribution in [0.15, 0.2) is 48.5 Å². The maximum atomic E-state index is 12.4. The number of ether oxygens (including phenoxy) is 2. The second-order valence-corrected chi connectivity index (χ2v) is 6.27. The third-order valence-electron chi connectivity index (χ3n) is 3.77. The number of anilines is 1. The molecule has 2 aromatic carbocycles. The van der Waals surface area contributed by atoms with Gasteiger partial charge in [0.2, 0.25) is 0 Å². The van der Waals surface area contributed by atoms with Gasteiger partial charge in [0.25, 0.3) is 11.8 Å². The van der Waals surface area contributed by atoms with E-state index in [1.807, 2.05) is 6.92 Å². The monoisotopic (exact) mass is 384 g/mol. The number of esters is 1. The van der Waals surface area contributed by atoms with Crippen LogP contribution in [-0.4, -0.2) is 50.0 Å². The highest BCUT2D eigenvalue weighted by Gasteiger charge is 2.11. The van der Waals surface area contributed by atoms with Crippen LogP contribution < -0.4 is 10.1 Å². The molecule has 0 bridgehead atoms. The van der Waals surface area contributed by atoms with E-state index in [0.29, 0.717) is 29.2 Å². The number of rotatable bonds is 8. The molecular formula is C21H24N2O5. The first kappa shape index (κ1) is 21.0. The second kappa shape index (κ2) is 10.1. The Morgan fingerprint density at radius 3 is 2.36 bits per heavy atom. The predicted octanol–water partition coefficient (Wildman–Crippen LogP) is 2.97. The zero-order valence-electron chi connectivity index (χ0n) is 16.2. The van der Waals surface area contributed by atoms with Crippen molar-refractivity contribution in [1.82, 2.24) is 4.90 Å². The number of likely N-dealkylation sites (N-methyl/N-ethyl adjacent to an activating group) is 1. The van der Waals surface area contributed by atoms with Crippen molar-refractivity contribution in [2.45, 2.75) is 13.3 Å². The number of hydrogen-bond acceptors (Lipinski definition) is 5. The SMILES string of the molecule is CCCOC(=O)c1ccc(NC(=O)c2cccc(OCC(=O)N(C)C)c2)cc1. The molecule has 0 spiro atoms. The van der Waals surface area contributed by atoms with Crippen LogP contribution in [0.2, 0.25) is 0 Å². The Morgan fingerprint density at radius 2 is 1.71 bits per heavy atom. The lowest BCUT2D eigenvalue weighted by atomic mass is 10.1. The van der Waals surface area contributed by atoms with Crippen LogP contribution in [0.3, 0.4) is 0 Å². The molecule has 0 radical (unpaired) electrons. The molecule has 2 rings (SSSR count). The summed E-state index contributed by atoms with van der Waals surface area (Å²) < 4.78 is 10.5. The zero-order chi connectivity index (χ0) is 20.5. The first-order valence-electron chi connectivity index (χ1n) is 8.92. The normalized spacial score (nSPS) is 10.1. The number of benzene rings is 2. The van der Waals surface area contributed by atoms with Crippen LogP contribution in [-0.2, 0) is 9.53 Å². The average Bonchev–Trinajstić information content (AvgIpc) is 2.70. The van der Waals surface area contributed by atoms with E-state index in [-0.39, 0.29) is 18.4 Å². The van der Waals surface area contributed by atoms with E-state index in [9.17, 15) is 14.4 Å². The highest BCUT2D eigenvalue weighted by Crippen LogP contribution is 2.16. The summed E-state index contributed by atoms with van der Waals surface area (Å²) in [4.78, 5) is 37.3. The molecule has 2 aromatic rings. The van der Waals surface area contributed by atoms with Gasteiger partial charge in [-0.3, -0.25) is 9.59 Å². The van der Waals surface area contributed by atoms with Gasteiger partial charge in [0.15, 0.2) is 6.61 Å². The smallest absolute Gasteiger partial charge is 0.338 e. The first-order chi connectivity index (χ1) is 13.4. The molecule has 148 valence electrons. The van der Waals surface area contributed by atoms with E-state index in [0.717, 1.165) is 6.42 Å². The Hall–Kier alpha value is -3.35. The minimum atomic E-state index is -0.392. The highest BCUT2D eigenvalue weighted by atomic mass is 16.5. The minimum absolute atomic E-state index is 0.104. The van der Waals surface area contributed by atoms with Gasteiger partial charge in [-0.2, -0.15) is 0 Å². The Labute approximate surface area is 164 Å². The summed E-state index contributed by atoms with van der Waals surface area (Å²) in [5.74, 6) is -0.466. The summed E-state index contributed by atoms with van der Waals surface area (Å²) in [7, 11) is 3.29. The minimum Gasteiger partial charge on any atom is -0.484 e. The quantitative estimate of drug-likeness (QED) is 0.708. The van der Waals surface area contributed by atoms with Crippen molar-refractivity contribution in [2.24, 2.45) is 0 Å². The molecule has 7 nitrogen and oxygen atoms in total. The second-order valence-electron chi connectivity index (χ2n) is 6.27. The molecule has 0 fully saturated rings. The van der Waals surface area contributed by atoms with Crippen LogP contribution in [0.25, 0.3) is 0 Å². The van der Waals surface area contributed by atoms with Crippen molar-refractivity contribution < 1.29 is 23.9 Å². The van der Waals surface area contributed by atoms with Gasteiger partial charge in [0.05, 0.1) is 12.2 Å². The van der Waals surface area contributed by atoms with Crippen molar-refractivity contribution in [1.29, 1.82) is 0 Å². The Morgan fingerprint density at radius 1 is 1.00 bits per heavy atom. The third kappa shape index (κ3) is 6.12. The van der Waals surface area contributed by atoms with E-state index in [4.69, 9.17) is 9.47 Å². The third-order valence-corrected chi connectivity index (χ3v) is 3.77. The van der Waals surface area contributed by atoms with Crippen molar-refractivity contribution >= 4 is 23.5 Å². The van der Waals surface area contributed by atoms with Crippen LogP contribution in [0.5, 0.6) is 5.75 Å². The van der Waals surface area contributed by atoms with E-state index >= 15 is 0 Å². The molecule has 0 aromatic heterocycles. The summed E-state index contributed by atoms with van der Waals surface area (Å²) in [5.41, 5.74) is 1.36. The average molecular weight is 384 g/mol. The van der Waals surface area contributed by atoms with Crippen molar-refractivity contribution in [3.8, 4) is 5.75 Å². The molecule has 28 heavy (non-hydrogen) atoms. The highest BCUT2D eigenvalue weighted by molar-refractivity contribution is 6.04. The molecule has 0 saturated carbocycles. The molecule has 0 aliphatic rings. The van der Waals surface area contributed by atoms with E-state index < -0.39 is 5.97 Å². The fourth-order valence-corrected chi connectivity index (χ4v) is 2.17. The standard InChI is InChI=1S/C21H24N2O5/c1-4-12-27-21(26)15-8-10-17(11-9-15)22-20(25)16-6-5-7-18(13-16)28-14-19(24)23(2)3/h5-11,13H,4,12,14H2,1-3H3,(H,22,25). The largest absolute Gasteiger partial charge is 0.484 e. The van der Waals surface area contributed by atoms with Crippen molar-refractivity contribution in [3.05, 3.63) is 59.7 Å². The number of hydrogen-bond donors (Lipinski definition) is 1. The molecule has 0 atom stereocenters. The lowest BCUT2D eigenvalue weighted by Gasteiger charge is -2.12. The summed E-state index contributed by atoms with van der Waals surface area (Å²) in [6.07, 6.45) is 0.756. The summed E-state index contributed by atoms with van der Waals surface area (Å²) >= 11 is 0. The molecular weight excluding hydrogens is 360 g/mol. The maximum absolute atomic E-state index is 12.4. The number of carbonyl (C=O) groups is 3. The maximum Gasteiger partial charge on any atom is 0.338 e. The van der Waals surface area contributed by atoms with Crippen LogP contribution >= 0.6 is 0 Å². The van der Waals surface area contributed by atoms with E-state index in [1.165, 1.54) is 4.90 Å². The predicted molar refractivity (Wildman–Crippen MR) is 106 cm³/mol. The van der Waals surface area contributed by atoms with Crippen molar-refractivity contribution in [2.75, 3.05) is 32.6 Å². The zero-order valence-corrected chi connectivity index (χ0v) is 16.2. The van der Waals surface area contributed by atoms with E-state index in [2.05, 4.69) is 5.32 Å². The van der Waals surface area contributed by atoms with Gasteiger partial charge >= 0.3 is 5.97 Å². The van der Waals surface area contributed by atoms with Gasteiger partial charge < -0.3 is 19.7 Å². The van der Waals surface area contributed by atoms with Crippen molar-refractivity contribution in [3.63, 3.8) is 0 Å². The Balaban J connectivity index is 1.98. The molecule has 0 heterocycles. The van der Waals surface area contributed by atoms with Crippen LogP contribution in [0.1, 0.15) is 34.1 Å². The lowest BCUT2D eigenvalue weighted by molar-refractivity contribution is -0.130. The summed E-state index contributed by atoms with van der Waals surface area (Å²) in [6, 6.07) is 13.0. The van der Waals surface area contributed by atoms with Gasteiger partial charge in [0.1, 0.15) is 5.75 Å². The van der Waals surface area contributed by atoms with Gasteiger partial charge in [-0.25, -0.2) is 4.79 Å². The Kier molecular flexibility index (Phi) is 7.56. The molecule has 0 unspecified atom stereocenters. The number of nitrogens with one attached hydrogen (secondary N) is 1. The topological polar surface area (TPSA) is 84.9 Å². The molecule has 7 heteroatoms. The summed E-state index contributed by atoms with van der Waals surface area (Å²) in [6.45, 7) is 2.19. The van der Waals surface area contributed by atoms with Gasteiger partial charge in [0, 0.05) is 25.3 Å². The van der Waals surface area contributed by atoms with Crippen LogP contribution in [0.4, 0.5) is 5.69 Å². The molecule has 0 saturated heterocycles. The van der Waals surface area contributed by atoms with E-state index in [1.54, 1.807) is 62.6 Å².